The molecule has 0 saturated carbocycles. The van der Waals surface area contributed by atoms with Crippen molar-refractivity contribution in [3.05, 3.63) is 48.6 Å². The van der Waals surface area contributed by atoms with E-state index in [4.69, 9.17) is 18.9 Å². The maximum absolute atomic E-state index is 11.5. The minimum absolute atomic E-state index is 0.264. The molecule has 26 heavy (non-hydrogen) atoms. The van der Waals surface area contributed by atoms with E-state index in [1.54, 1.807) is 6.08 Å². The summed E-state index contributed by atoms with van der Waals surface area (Å²) in [5.74, 6) is -0.862. The first-order valence-electron chi connectivity index (χ1n) is 8.72. The van der Waals surface area contributed by atoms with Crippen LogP contribution in [-0.2, 0) is 35.1 Å². The molecule has 1 fully saturated rings. The molecule has 1 aromatic carbocycles. The summed E-state index contributed by atoms with van der Waals surface area (Å²) in [5, 5.41) is 0. The van der Waals surface area contributed by atoms with Crippen molar-refractivity contribution < 1.29 is 28.5 Å². The van der Waals surface area contributed by atoms with Crippen molar-refractivity contribution >= 4 is 11.9 Å². The number of benzene rings is 1. The molecule has 0 bridgehead atoms. The quantitative estimate of drug-likeness (QED) is 0.523. The van der Waals surface area contributed by atoms with Crippen LogP contribution in [0, 0.1) is 0 Å². The van der Waals surface area contributed by atoms with Crippen molar-refractivity contribution in [1.29, 1.82) is 0 Å². The van der Waals surface area contributed by atoms with Crippen LogP contribution in [0.4, 0.5) is 0 Å². The van der Waals surface area contributed by atoms with Gasteiger partial charge in [-0.25, -0.2) is 0 Å². The summed E-state index contributed by atoms with van der Waals surface area (Å²) in [4.78, 5) is 22.9. The van der Waals surface area contributed by atoms with Crippen molar-refractivity contribution in [2.45, 2.75) is 57.7 Å². The van der Waals surface area contributed by atoms with E-state index in [9.17, 15) is 9.59 Å². The molecule has 0 N–H and O–H groups in total. The van der Waals surface area contributed by atoms with Crippen LogP contribution in [-0.4, -0.2) is 43.0 Å². The van der Waals surface area contributed by atoms with Crippen LogP contribution in [0.2, 0.25) is 0 Å². The second-order valence-electron chi connectivity index (χ2n) is 6.28. The molecule has 6 nitrogen and oxygen atoms in total. The lowest BCUT2D eigenvalue weighted by Gasteiger charge is -2.40. The predicted octanol–water partition coefficient (Wildman–Crippen LogP) is 2.80. The van der Waals surface area contributed by atoms with E-state index in [1.807, 2.05) is 30.3 Å². The standard InChI is InChI=1S/C20H26O6/c1-4-8-18-20(25-15(3)22)19(24-14(2)21)11-17(26-18)13-23-12-16-9-6-5-7-10-16/h4-7,9-10,17-20H,1,8,11-13H2,2-3H3/t17-,18+,19-,20+/m0/s1. The molecule has 1 aromatic rings. The van der Waals surface area contributed by atoms with Crippen LogP contribution in [0.15, 0.2) is 43.0 Å². The van der Waals surface area contributed by atoms with Gasteiger partial charge in [0.2, 0.25) is 0 Å². The highest BCUT2D eigenvalue weighted by Gasteiger charge is 2.42. The lowest BCUT2D eigenvalue weighted by molar-refractivity contribution is -0.212. The third kappa shape index (κ3) is 6.28. The van der Waals surface area contributed by atoms with Crippen LogP contribution >= 0.6 is 0 Å². The first kappa shape index (κ1) is 20.1. The number of hydrogen-bond acceptors (Lipinski definition) is 6. The minimum Gasteiger partial charge on any atom is -0.458 e. The largest absolute Gasteiger partial charge is 0.458 e. The van der Waals surface area contributed by atoms with Gasteiger partial charge in [0.1, 0.15) is 12.2 Å². The highest BCUT2D eigenvalue weighted by molar-refractivity contribution is 5.67. The Morgan fingerprint density at radius 1 is 1.19 bits per heavy atom. The summed E-state index contributed by atoms with van der Waals surface area (Å²) in [6, 6.07) is 9.83. The number of hydrogen-bond donors (Lipinski definition) is 0. The molecule has 142 valence electrons. The highest BCUT2D eigenvalue weighted by Crippen LogP contribution is 2.28. The first-order valence-corrected chi connectivity index (χ1v) is 8.72. The van der Waals surface area contributed by atoms with E-state index in [0.717, 1.165) is 5.56 Å². The Labute approximate surface area is 154 Å². The lowest BCUT2D eigenvalue weighted by Crippen LogP contribution is -2.52. The molecule has 0 aromatic heterocycles. The molecule has 0 radical (unpaired) electrons. The maximum Gasteiger partial charge on any atom is 0.303 e. The number of carbonyl (C=O) groups excluding carboxylic acids is 2. The first-order chi connectivity index (χ1) is 12.5. The Hall–Kier alpha value is -2.18. The van der Waals surface area contributed by atoms with Crippen LogP contribution < -0.4 is 0 Å². The summed E-state index contributed by atoms with van der Waals surface area (Å²) in [6.45, 7) is 7.21. The molecule has 2 rings (SSSR count). The van der Waals surface area contributed by atoms with E-state index in [0.29, 0.717) is 26.1 Å². The topological polar surface area (TPSA) is 71.1 Å². The molecule has 0 unspecified atom stereocenters. The van der Waals surface area contributed by atoms with Gasteiger partial charge in [-0.3, -0.25) is 9.59 Å². The molecule has 6 heteroatoms. The van der Waals surface area contributed by atoms with Crippen molar-refractivity contribution in [1.82, 2.24) is 0 Å². The lowest BCUT2D eigenvalue weighted by atomic mass is 9.95. The predicted molar refractivity (Wildman–Crippen MR) is 95.3 cm³/mol. The van der Waals surface area contributed by atoms with E-state index in [-0.39, 0.29) is 6.10 Å². The Morgan fingerprint density at radius 2 is 1.88 bits per heavy atom. The molecule has 4 atom stereocenters. The zero-order valence-electron chi connectivity index (χ0n) is 15.3. The second kappa shape index (κ2) is 10.1. The Balaban J connectivity index is 2.00. The normalized spacial score (nSPS) is 25.3. The van der Waals surface area contributed by atoms with Crippen LogP contribution in [0.3, 0.4) is 0 Å². The molecule has 1 heterocycles. The smallest absolute Gasteiger partial charge is 0.303 e. The van der Waals surface area contributed by atoms with Gasteiger partial charge in [0.15, 0.2) is 6.10 Å². The zero-order valence-corrected chi connectivity index (χ0v) is 15.3. The number of esters is 2. The average Bonchev–Trinajstić information content (AvgIpc) is 2.58. The van der Waals surface area contributed by atoms with Crippen molar-refractivity contribution in [3.63, 3.8) is 0 Å². The average molecular weight is 362 g/mol. The van der Waals surface area contributed by atoms with Gasteiger partial charge in [-0.15, -0.1) is 6.58 Å². The molecule has 1 aliphatic rings. The minimum atomic E-state index is -0.653. The Bertz CT molecular complexity index is 600. The molecular weight excluding hydrogens is 336 g/mol. The summed E-state index contributed by atoms with van der Waals surface area (Å²) in [6.07, 6.45) is 0.657. The van der Waals surface area contributed by atoms with Crippen molar-refractivity contribution in [2.24, 2.45) is 0 Å². The summed E-state index contributed by atoms with van der Waals surface area (Å²) < 4.78 is 22.5. The van der Waals surface area contributed by atoms with Gasteiger partial charge in [0.25, 0.3) is 0 Å². The third-order valence-corrected chi connectivity index (χ3v) is 4.03. The van der Waals surface area contributed by atoms with Gasteiger partial charge in [-0.2, -0.15) is 0 Å². The second-order valence-corrected chi connectivity index (χ2v) is 6.28. The van der Waals surface area contributed by atoms with E-state index < -0.39 is 30.3 Å². The molecule has 1 saturated heterocycles. The molecule has 0 spiro atoms. The molecule has 0 amide bonds. The van der Waals surface area contributed by atoms with E-state index >= 15 is 0 Å². The fraction of sp³-hybridized carbons (Fsp3) is 0.500. The van der Waals surface area contributed by atoms with Gasteiger partial charge >= 0.3 is 11.9 Å². The summed E-state index contributed by atoms with van der Waals surface area (Å²) in [7, 11) is 0. The van der Waals surface area contributed by atoms with Gasteiger partial charge in [-0.1, -0.05) is 36.4 Å². The highest BCUT2D eigenvalue weighted by atomic mass is 16.6. The number of rotatable bonds is 8. The molecule has 0 aliphatic carbocycles. The van der Waals surface area contributed by atoms with Crippen LogP contribution in [0.25, 0.3) is 0 Å². The van der Waals surface area contributed by atoms with Gasteiger partial charge in [0.05, 0.1) is 19.3 Å². The number of ether oxygens (including phenoxy) is 4. The fourth-order valence-corrected chi connectivity index (χ4v) is 3.03. The van der Waals surface area contributed by atoms with Crippen LogP contribution in [0.1, 0.15) is 32.3 Å². The van der Waals surface area contributed by atoms with E-state index in [2.05, 4.69) is 6.58 Å². The van der Waals surface area contributed by atoms with Gasteiger partial charge in [-0.05, 0) is 12.0 Å². The third-order valence-electron chi connectivity index (χ3n) is 4.03. The van der Waals surface area contributed by atoms with Gasteiger partial charge in [0, 0.05) is 20.3 Å². The van der Waals surface area contributed by atoms with E-state index in [1.165, 1.54) is 13.8 Å². The zero-order chi connectivity index (χ0) is 18.9. The monoisotopic (exact) mass is 362 g/mol. The molecule has 1 aliphatic heterocycles. The SMILES string of the molecule is C=CC[C@H]1O[C@H](COCc2ccccc2)C[C@H](OC(C)=O)[C@@H]1OC(C)=O. The van der Waals surface area contributed by atoms with Crippen LogP contribution in [0.5, 0.6) is 0 Å². The van der Waals surface area contributed by atoms with Crippen molar-refractivity contribution in [2.75, 3.05) is 6.61 Å². The van der Waals surface area contributed by atoms with Crippen molar-refractivity contribution in [3.8, 4) is 0 Å². The Morgan fingerprint density at radius 3 is 2.50 bits per heavy atom. The summed E-state index contributed by atoms with van der Waals surface area (Å²) >= 11 is 0. The molecular formula is C20H26O6. The fourth-order valence-electron chi connectivity index (χ4n) is 3.03. The number of carbonyl (C=O) groups is 2. The summed E-state index contributed by atoms with van der Waals surface area (Å²) in [5.41, 5.74) is 1.07. The Kier molecular flexibility index (Phi) is 7.81. The van der Waals surface area contributed by atoms with Gasteiger partial charge < -0.3 is 18.9 Å². The maximum atomic E-state index is 11.5.